The molecule has 3 N–H and O–H groups in total. The molecule has 0 spiro atoms. The summed E-state index contributed by atoms with van der Waals surface area (Å²) in [4.78, 5) is 31.6. The molecule has 4 aliphatic rings. The first-order chi connectivity index (χ1) is 25.4. The molecule has 53 heavy (non-hydrogen) atoms. The standard InChI is InChI=1S/C39H40F6N4O4/c40-30-12-13-31(41)36(35(30)42)53-14-2-4-22-6-8-24(9-7-22)29-16-26-20-48(37(51)32-17-28(50)18-46-32)21-33(47-26)34(29)38(52)49(27-10-11-27)19-23-3-1-5-25(15-23)39(43,44)45/h1,3,5-9,12-13,15,26-28,32-33,46-47,50H,2,4,10-11,14,16-21H2/t26-,28+,32?,33-/m0/s1. The van der Waals surface area contributed by atoms with Crippen LogP contribution in [0.5, 0.6) is 5.75 Å². The largest absolute Gasteiger partial charge is 0.488 e. The first kappa shape index (κ1) is 36.9. The third-order valence-corrected chi connectivity index (χ3v) is 10.4. The van der Waals surface area contributed by atoms with Crippen LogP contribution in [0.2, 0.25) is 0 Å². The van der Waals surface area contributed by atoms with Crippen molar-refractivity contribution in [1.82, 2.24) is 20.4 Å². The van der Waals surface area contributed by atoms with Gasteiger partial charge in [-0.2, -0.15) is 17.6 Å². The number of benzene rings is 3. The van der Waals surface area contributed by atoms with E-state index < -0.39 is 53.1 Å². The van der Waals surface area contributed by atoms with E-state index in [9.17, 15) is 41.0 Å². The van der Waals surface area contributed by atoms with Gasteiger partial charge in [-0.05, 0) is 85.1 Å². The molecule has 3 fully saturated rings. The molecule has 282 valence electrons. The van der Waals surface area contributed by atoms with E-state index in [0.29, 0.717) is 56.0 Å². The average molecular weight is 743 g/mol. The first-order valence-electron chi connectivity index (χ1n) is 17.9. The number of β-amino-alcohol motifs (C(OH)–C–C–N with tert-alkyl or cyclic N) is 1. The van der Waals surface area contributed by atoms with Gasteiger partial charge in [-0.15, -0.1) is 0 Å². The van der Waals surface area contributed by atoms with Gasteiger partial charge in [0.25, 0.3) is 5.91 Å². The summed E-state index contributed by atoms with van der Waals surface area (Å²) in [6, 6.07) is 12.7. The molecule has 3 aliphatic heterocycles. The van der Waals surface area contributed by atoms with Crippen molar-refractivity contribution in [2.45, 2.75) is 81.5 Å². The Kier molecular flexibility index (Phi) is 10.6. The smallest absolute Gasteiger partial charge is 0.416 e. The Morgan fingerprint density at radius 3 is 2.42 bits per heavy atom. The second-order valence-corrected chi connectivity index (χ2v) is 14.3. The van der Waals surface area contributed by atoms with E-state index in [0.717, 1.165) is 47.7 Å². The fraction of sp³-hybridized carbons (Fsp3) is 0.436. The molecule has 2 bridgehead atoms. The number of aliphatic hydroxyl groups excluding tert-OH is 1. The summed E-state index contributed by atoms with van der Waals surface area (Å²) < 4.78 is 87.4. The number of piperazine rings is 1. The number of nitrogens with zero attached hydrogens (tertiary/aromatic N) is 2. The Hall–Kier alpha value is -4.40. The van der Waals surface area contributed by atoms with E-state index in [-0.39, 0.29) is 43.6 Å². The summed E-state index contributed by atoms with van der Waals surface area (Å²) in [5.74, 6) is -4.77. The monoisotopic (exact) mass is 742 g/mol. The highest BCUT2D eigenvalue weighted by Gasteiger charge is 2.45. The molecule has 4 atom stereocenters. The molecule has 0 aromatic heterocycles. The van der Waals surface area contributed by atoms with E-state index in [1.54, 1.807) is 15.9 Å². The molecule has 0 radical (unpaired) electrons. The predicted molar refractivity (Wildman–Crippen MR) is 183 cm³/mol. The van der Waals surface area contributed by atoms with Crippen molar-refractivity contribution in [3.8, 4) is 5.75 Å². The molecule has 1 saturated carbocycles. The van der Waals surface area contributed by atoms with Crippen molar-refractivity contribution in [2.24, 2.45) is 0 Å². The molecule has 14 heteroatoms. The van der Waals surface area contributed by atoms with Gasteiger partial charge >= 0.3 is 6.18 Å². The van der Waals surface area contributed by atoms with Crippen molar-refractivity contribution in [2.75, 3.05) is 26.2 Å². The van der Waals surface area contributed by atoms with Crippen molar-refractivity contribution in [3.63, 3.8) is 0 Å². The molecule has 3 aromatic carbocycles. The Labute approximate surface area is 302 Å². The van der Waals surface area contributed by atoms with Crippen LogP contribution in [0.3, 0.4) is 0 Å². The Morgan fingerprint density at radius 1 is 0.962 bits per heavy atom. The fourth-order valence-corrected chi connectivity index (χ4v) is 7.59. The highest BCUT2D eigenvalue weighted by Crippen LogP contribution is 2.38. The fourth-order valence-electron chi connectivity index (χ4n) is 7.59. The topological polar surface area (TPSA) is 94.1 Å². The SMILES string of the molecule is O=C(C1C[C@@H](O)CN1)N1C[C@@H]2CC(c3ccc(CCCOc4c(F)ccc(F)c4F)cc3)=C(C(=O)N(Cc3cccc(C(F)(F)F)c3)C3CC3)[C@H](C1)N2. The van der Waals surface area contributed by atoms with Crippen molar-refractivity contribution in [1.29, 1.82) is 0 Å². The number of aryl methyl sites for hydroxylation is 1. The predicted octanol–water partition coefficient (Wildman–Crippen LogP) is 5.37. The maximum atomic E-state index is 14.7. The van der Waals surface area contributed by atoms with Crippen LogP contribution >= 0.6 is 0 Å². The number of hydrogen-bond acceptors (Lipinski definition) is 6. The molecule has 1 aliphatic carbocycles. The number of carbonyl (C=O) groups is 2. The van der Waals surface area contributed by atoms with Crippen LogP contribution in [-0.2, 0) is 28.7 Å². The minimum Gasteiger partial charge on any atom is -0.488 e. The van der Waals surface area contributed by atoms with Gasteiger partial charge in [-0.3, -0.25) is 9.59 Å². The van der Waals surface area contributed by atoms with Crippen LogP contribution in [-0.4, -0.2) is 83.2 Å². The van der Waals surface area contributed by atoms with E-state index in [4.69, 9.17) is 4.74 Å². The number of rotatable bonds is 11. The van der Waals surface area contributed by atoms with Crippen LogP contribution in [0, 0.1) is 17.5 Å². The Balaban J connectivity index is 1.14. The van der Waals surface area contributed by atoms with Crippen LogP contribution < -0.4 is 15.4 Å². The summed E-state index contributed by atoms with van der Waals surface area (Å²) in [6.45, 7) is 0.876. The van der Waals surface area contributed by atoms with Gasteiger partial charge in [0.05, 0.1) is 30.4 Å². The Bertz CT molecular complexity index is 1880. The van der Waals surface area contributed by atoms with E-state index >= 15 is 0 Å². The molecule has 7 rings (SSSR count). The number of nitrogens with one attached hydrogen (secondary N) is 2. The molecular weight excluding hydrogens is 702 g/mol. The number of alkyl halides is 3. The van der Waals surface area contributed by atoms with E-state index in [1.165, 1.54) is 6.07 Å². The number of halogens is 6. The van der Waals surface area contributed by atoms with Crippen LogP contribution in [0.1, 0.15) is 54.4 Å². The highest BCUT2D eigenvalue weighted by molar-refractivity contribution is 6.03. The van der Waals surface area contributed by atoms with Crippen molar-refractivity contribution in [3.05, 3.63) is 106 Å². The third kappa shape index (κ3) is 8.24. The maximum absolute atomic E-state index is 14.7. The lowest BCUT2D eigenvalue weighted by Crippen LogP contribution is -2.63. The molecule has 1 unspecified atom stereocenters. The normalized spacial score (nSPS) is 23.0. The molecular formula is C39H40F6N4O4. The first-order valence-corrected chi connectivity index (χ1v) is 17.9. The summed E-state index contributed by atoms with van der Waals surface area (Å²) in [6.07, 6.45) is -2.09. The lowest BCUT2D eigenvalue weighted by molar-refractivity contribution is -0.137. The highest BCUT2D eigenvalue weighted by atomic mass is 19.4. The average Bonchev–Trinajstić information content (AvgIpc) is 3.89. The third-order valence-electron chi connectivity index (χ3n) is 10.4. The number of fused-ring (bicyclic) bond motifs is 2. The number of amides is 2. The molecule has 3 aromatic rings. The van der Waals surface area contributed by atoms with Crippen molar-refractivity contribution >= 4 is 17.4 Å². The van der Waals surface area contributed by atoms with Gasteiger partial charge in [-0.1, -0.05) is 36.4 Å². The zero-order valence-electron chi connectivity index (χ0n) is 28.8. The minimum atomic E-state index is -4.53. The van der Waals surface area contributed by atoms with E-state index in [1.807, 2.05) is 24.3 Å². The van der Waals surface area contributed by atoms with Gasteiger partial charge in [0, 0.05) is 43.8 Å². The van der Waals surface area contributed by atoms with Crippen LogP contribution in [0.4, 0.5) is 26.3 Å². The van der Waals surface area contributed by atoms with E-state index in [2.05, 4.69) is 10.6 Å². The van der Waals surface area contributed by atoms with Gasteiger partial charge in [0.1, 0.15) is 0 Å². The minimum absolute atomic E-state index is 0.00267. The summed E-state index contributed by atoms with van der Waals surface area (Å²) >= 11 is 0. The number of carbonyl (C=O) groups excluding carboxylic acids is 2. The summed E-state index contributed by atoms with van der Waals surface area (Å²) in [5.41, 5.74) is 2.54. The zero-order chi connectivity index (χ0) is 37.4. The van der Waals surface area contributed by atoms with Crippen molar-refractivity contribution < 1.29 is 45.8 Å². The summed E-state index contributed by atoms with van der Waals surface area (Å²) in [7, 11) is 0. The molecule has 2 saturated heterocycles. The van der Waals surface area contributed by atoms with Gasteiger partial charge in [0.2, 0.25) is 11.7 Å². The van der Waals surface area contributed by atoms with Gasteiger partial charge in [-0.25, -0.2) is 8.78 Å². The van der Waals surface area contributed by atoms with Gasteiger partial charge < -0.3 is 30.3 Å². The number of ether oxygens (including phenoxy) is 1. The summed E-state index contributed by atoms with van der Waals surface area (Å²) in [5, 5.41) is 16.6. The van der Waals surface area contributed by atoms with Crippen LogP contribution in [0.15, 0.2) is 66.2 Å². The van der Waals surface area contributed by atoms with Crippen LogP contribution in [0.25, 0.3) is 5.57 Å². The lowest BCUT2D eigenvalue weighted by atomic mass is 9.82. The quantitative estimate of drug-likeness (QED) is 0.139. The second kappa shape index (κ2) is 15.2. The number of aliphatic hydroxyl groups is 1. The molecule has 3 heterocycles. The maximum Gasteiger partial charge on any atom is 0.416 e. The molecule has 2 amide bonds. The lowest BCUT2D eigenvalue weighted by Gasteiger charge is -2.45. The number of hydrogen-bond donors (Lipinski definition) is 3. The second-order valence-electron chi connectivity index (χ2n) is 14.3. The zero-order valence-corrected chi connectivity index (χ0v) is 28.8. The Morgan fingerprint density at radius 2 is 1.72 bits per heavy atom. The molecule has 8 nitrogen and oxygen atoms in total. The van der Waals surface area contributed by atoms with Gasteiger partial charge in [0.15, 0.2) is 17.4 Å².